The van der Waals surface area contributed by atoms with Crippen LogP contribution in [0.25, 0.3) is 0 Å². The van der Waals surface area contributed by atoms with Gasteiger partial charge >= 0.3 is 12.0 Å². The van der Waals surface area contributed by atoms with Gasteiger partial charge in [0.05, 0.1) is 0 Å². The van der Waals surface area contributed by atoms with Crippen LogP contribution in [-0.4, -0.2) is 41.6 Å². The van der Waals surface area contributed by atoms with E-state index in [4.69, 9.17) is 5.11 Å². The molecule has 0 aliphatic heterocycles. The summed E-state index contributed by atoms with van der Waals surface area (Å²) < 4.78 is 0. The fourth-order valence-corrected chi connectivity index (χ4v) is 2.59. The summed E-state index contributed by atoms with van der Waals surface area (Å²) in [6.07, 6.45) is 7.07. The monoisotopic (exact) mass is 270 g/mol. The molecule has 0 aromatic heterocycles. The third-order valence-corrected chi connectivity index (χ3v) is 3.80. The van der Waals surface area contributed by atoms with E-state index in [0.717, 1.165) is 19.4 Å². The van der Waals surface area contributed by atoms with Gasteiger partial charge in [0.15, 0.2) is 0 Å². The largest absolute Gasteiger partial charge is 0.480 e. The fraction of sp³-hybridized carbons (Fsp3) is 0.857. The van der Waals surface area contributed by atoms with Crippen molar-refractivity contribution in [3.63, 3.8) is 0 Å². The molecule has 1 rings (SSSR count). The third-order valence-electron chi connectivity index (χ3n) is 3.80. The van der Waals surface area contributed by atoms with Gasteiger partial charge in [-0.15, -0.1) is 0 Å². The summed E-state index contributed by atoms with van der Waals surface area (Å²) in [5, 5.41) is 11.7. The molecule has 0 spiro atoms. The van der Waals surface area contributed by atoms with Crippen LogP contribution in [0.3, 0.4) is 0 Å². The zero-order chi connectivity index (χ0) is 14.3. The predicted octanol–water partition coefficient (Wildman–Crippen LogP) is 2.46. The first kappa shape index (κ1) is 15.8. The lowest BCUT2D eigenvalue weighted by Crippen LogP contribution is -2.47. The van der Waals surface area contributed by atoms with E-state index in [2.05, 4.69) is 5.32 Å². The number of unbranched alkanes of at least 4 members (excludes halogenated alkanes) is 1. The molecule has 0 heterocycles. The first-order valence-electron chi connectivity index (χ1n) is 7.29. The van der Waals surface area contributed by atoms with Gasteiger partial charge in [0.2, 0.25) is 0 Å². The number of rotatable bonds is 7. The van der Waals surface area contributed by atoms with Gasteiger partial charge in [0, 0.05) is 13.6 Å². The van der Waals surface area contributed by atoms with Gasteiger partial charge in [0.1, 0.15) is 6.04 Å². The molecule has 0 radical (unpaired) electrons. The van der Waals surface area contributed by atoms with Crippen molar-refractivity contribution in [2.45, 2.75) is 57.9 Å². The van der Waals surface area contributed by atoms with Gasteiger partial charge in [-0.3, -0.25) is 0 Å². The van der Waals surface area contributed by atoms with Crippen LogP contribution < -0.4 is 5.32 Å². The van der Waals surface area contributed by atoms with Crippen molar-refractivity contribution in [2.24, 2.45) is 5.92 Å². The Morgan fingerprint density at radius 3 is 2.53 bits per heavy atom. The van der Waals surface area contributed by atoms with Crippen molar-refractivity contribution < 1.29 is 14.7 Å². The summed E-state index contributed by atoms with van der Waals surface area (Å²) in [4.78, 5) is 24.7. The van der Waals surface area contributed by atoms with Gasteiger partial charge in [-0.2, -0.15) is 0 Å². The molecule has 2 N–H and O–H groups in total. The number of nitrogens with one attached hydrogen (secondary N) is 1. The second-order valence-corrected chi connectivity index (χ2v) is 5.51. The summed E-state index contributed by atoms with van der Waals surface area (Å²) in [5.74, 6) is -0.370. The van der Waals surface area contributed by atoms with Gasteiger partial charge < -0.3 is 15.3 Å². The van der Waals surface area contributed by atoms with Crippen molar-refractivity contribution >= 4 is 12.0 Å². The van der Waals surface area contributed by atoms with Crippen LogP contribution in [0, 0.1) is 5.92 Å². The van der Waals surface area contributed by atoms with Crippen molar-refractivity contribution in [1.29, 1.82) is 0 Å². The maximum absolute atomic E-state index is 12.0. The molecule has 1 fully saturated rings. The summed E-state index contributed by atoms with van der Waals surface area (Å²) in [6.45, 7) is 2.74. The van der Waals surface area contributed by atoms with Crippen LogP contribution in [-0.2, 0) is 4.79 Å². The molecule has 5 heteroatoms. The molecule has 0 aromatic carbocycles. The van der Waals surface area contributed by atoms with Crippen molar-refractivity contribution in [3.8, 4) is 0 Å². The molecule has 1 atom stereocenters. The molecule has 1 aliphatic rings. The number of nitrogens with zero attached hydrogens (tertiary/aromatic N) is 1. The zero-order valence-electron chi connectivity index (χ0n) is 12.0. The van der Waals surface area contributed by atoms with Crippen molar-refractivity contribution in [2.75, 3.05) is 13.6 Å². The molecule has 5 nitrogen and oxygen atoms in total. The molecule has 1 saturated carbocycles. The minimum atomic E-state index is -0.948. The number of carboxylic acids is 1. The van der Waals surface area contributed by atoms with Crippen molar-refractivity contribution in [1.82, 2.24) is 10.2 Å². The Labute approximate surface area is 115 Å². The molecule has 0 bridgehead atoms. The normalized spacial score (nSPS) is 17.2. The molecule has 0 unspecified atom stereocenters. The smallest absolute Gasteiger partial charge is 0.326 e. The van der Waals surface area contributed by atoms with Crippen molar-refractivity contribution in [3.05, 3.63) is 0 Å². The number of aliphatic carboxylic acids is 1. The zero-order valence-corrected chi connectivity index (χ0v) is 12.0. The van der Waals surface area contributed by atoms with E-state index < -0.39 is 12.0 Å². The van der Waals surface area contributed by atoms with Crippen LogP contribution in [0.1, 0.15) is 51.9 Å². The average Bonchev–Trinajstić information content (AvgIpc) is 2.86. The second kappa shape index (κ2) is 8.02. The standard InChI is InChI=1S/C14H26N2O3/c1-3-4-9-12(13(17)18)15-14(19)16(2)10-11-7-5-6-8-11/h11-12H,3-10H2,1-2H3,(H,15,19)(H,17,18)/t12-/m0/s1. The Balaban J connectivity index is 2.38. The predicted molar refractivity (Wildman–Crippen MR) is 74.1 cm³/mol. The quantitative estimate of drug-likeness (QED) is 0.746. The fourth-order valence-electron chi connectivity index (χ4n) is 2.59. The first-order chi connectivity index (χ1) is 9.04. The lowest BCUT2D eigenvalue weighted by atomic mass is 10.1. The lowest BCUT2D eigenvalue weighted by Gasteiger charge is -2.23. The van der Waals surface area contributed by atoms with Crippen LogP contribution in [0.15, 0.2) is 0 Å². The second-order valence-electron chi connectivity index (χ2n) is 5.51. The minimum absolute atomic E-state index is 0.268. The molecule has 1 aliphatic carbocycles. The van der Waals surface area contributed by atoms with Crippen LogP contribution in [0.4, 0.5) is 4.79 Å². The number of carboxylic acid groups (broad SMARTS) is 1. The Kier molecular flexibility index (Phi) is 6.67. The van der Waals surface area contributed by atoms with E-state index in [1.54, 1.807) is 11.9 Å². The van der Waals surface area contributed by atoms with E-state index in [0.29, 0.717) is 12.3 Å². The molecule has 110 valence electrons. The highest BCUT2D eigenvalue weighted by Gasteiger charge is 2.23. The molecular weight excluding hydrogens is 244 g/mol. The van der Waals surface area contributed by atoms with E-state index in [-0.39, 0.29) is 6.03 Å². The number of hydrogen-bond acceptors (Lipinski definition) is 2. The van der Waals surface area contributed by atoms with E-state index in [1.165, 1.54) is 25.7 Å². The van der Waals surface area contributed by atoms with Crippen LogP contribution in [0.5, 0.6) is 0 Å². The molecule has 0 saturated heterocycles. The maximum Gasteiger partial charge on any atom is 0.326 e. The lowest BCUT2D eigenvalue weighted by molar-refractivity contribution is -0.139. The molecule has 19 heavy (non-hydrogen) atoms. The molecule has 2 amide bonds. The van der Waals surface area contributed by atoms with Gasteiger partial charge in [0.25, 0.3) is 0 Å². The maximum atomic E-state index is 12.0. The highest BCUT2D eigenvalue weighted by Crippen LogP contribution is 2.25. The number of hydrogen-bond donors (Lipinski definition) is 2. The van der Waals surface area contributed by atoms with Crippen LogP contribution >= 0.6 is 0 Å². The highest BCUT2D eigenvalue weighted by molar-refractivity contribution is 5.82. The third kappa shape index (κ3) is 5.49. The average molecular weight is 270 g/mol. The Morgan fingerprint density at radius 1 is 1.37 bits per heavy atom. The topological polar surface area (TPSA) is 69.6 Å². The Morgan fingerprint density at radius 2 is 2.00 bits per heavy atom. The van der Waals surface area contributed by atoms with Gasteiger partial charge in [-0.1, -0.05) is 32.6 Å². The van der Waals surface area contributed by atoms with Crippen LogP contribution in [0.2, 0.25) is 0 Å². The first-order valence-corrected chi connectivity index (χ1v) is 7.29. The Bertz CT molecular complexity index is 301. The van der Waals surface area contributed by atoms with Gasteiger partial charge in [-0.25, -0.2) is 9.59 Å². The SMILES string of the molecule is CCCC[C@H](NC(=O)N(C)CC1CCCC1)C(=O)O. The number of carbonyl (C=O) groups is 2. The summed E-state index contributed by atoms with van der Waals surface area (Å²) in [5.41, 5.74) is 0. The number of amides is 2. The van der Waals surface area contributed by atoms with E-state index in [9.17, 15) is 9.59 Å². The Hall–Kier alpha value is -1.26. The highest BCUT2D eigenvalue weighted by atomic mass is 16.4. The number of urea groups is 1. The van der Waals surface area contributed by atoms with E-state index in [1.807, 2.05) is 6.92 Å². The summed E-state index contributed by atoms with van der Waals surface area (Å²) in [6, 6.07) is -1.03. The molecule has 0 aromatic rings. The number of carbonyl (C=O) groups excluding carboxylic acids is 1. The summed E-state index contributed by atoms with van der Waals surface area (Å²) >= 11 is 0. The van der Waals surface area contributed by atoms with Gasteiger partial charge in [-0.05, 0) is 25.2 Å². The minimum Gasteiger partial charge on any atom is -0.480 e. The van der Waals surface area contributed by atoms with E-state index >= 15 is 0 Å². The summed E-state index contributed by atoms with van der Waals surface area (Å²) in [7, 11) is 1.74. The molecular formula is C14H26N2O3.